The third-order valence-electron chi connectivity index (χ3n) is 4.92. The zero-order chi connectivity index (χ0) is 12.5. The number of aliphatic hydroxyl groups is 1. The molecule has 1 aliphatic heterocycles. The Morgan fingerprint density at radius 3 is 2.35 bits per heavy atom. The molecule has 100 valence electrons. The molecule has 2 fully saturated rings. The van der Waals surface area contributed by atoms with Gasteiger partial charge >= 0.3 is 0 Å². The molecule has 0 aromatic rings. The predicted molar refractivity (Wildman–Crippen MR) is 69.9 cm³/mol. The molecule has 1 saturated carbocycles. The van der Waals surface area contributed by atoms with Crippen molar-refractivity contribution < 1.29 is 9.84 Å². The van der Waals surface area contributed by atoms with Crippen LogP contribution in [0.1, 0.15) is 59.3 Å². The summed E-state index contributed by atoms with van der Waals surface area (Å²) in [5.41, 5.74) is 0.185. The van der Waals surface area contributed by atoms with Crippen LogP contribution in [0.3, 0.4) is 0 Å². The minimum Gasteiger partial charge on any atom is -0.393 e. The largest absolute Gasteiger partial charge is 0.393 e. The van der Waals surface area contributed by atoms with Crippen LogP contribution in [0.2, 0.25) is 0 Å². The molecular formula is C15H28O2. The Bertz CT molecular complexity index is 233. The lowest BCUT2D eigenvalue weighted by Gasteiger charge is -2.43. The highest BCUT2D eigenvalue weighted by atomic mass is 16.5. The van der Waals surface area contributed by atoms with Gasteiger partial charge in [0.15, 0.2) is 0 Å². The maximum atomic E-state index is 10.0. The topological polar surface area (TPSA) is 29.5 Å². The van der Waals surface area contributed by atoms with E-state index in [9.17, 15) is 5.11 Å². The van der Waals surface area contributed by atoms with Crippen molar-refractivity contribution in [3.8, 4) is 0 Å². The zero-order valence-electron chi connectivity index (χ0n) is 11.6. The van der Waals surface area contributed by atoms with E-state index in [1.807, 2.05) is 6.92 Å². The molecule has 2 aliphatic rings. The third kappa shape index (κ3) is 2.85. The summed E-state index contributed by atoms with van der Waals surface area (Å²) in [6.45, 7) is 7.35. The fourth-order valence-electron chi connectivity index (χ4n) is 4.26. The normalized spacial score (nSPS) is 31.9. The minimum atomic E-state index is -0.184. The van der Waals surface area contributed by atoms with Crippen LogP contribution in [0.15, 0.2) is 0 Å². The second-order valence-electron chi connectivity index (χ2n) is 6.55. The molecule has 0 bridgehead atoms. The lowest BCUT2D eigenvalue weighted by molar-refractivity contribution is -0.115. The summed E-state index contributed by atoms with van der Waals surface area (Å²) < 4.78 is 6.08. The van der Waals surface area contributed by atoms with Crippen molar-refractivity contribution in [3.63, 3.8) is 0 Å². The Hall–Kier alpha value is -0.0800. The molecule has 1 saturated heterocycles. The number of ether oxygens (including phenoxy) is 1. The van der Waals surface area contributed by atoms with E-state index in [2.05, 4.69) is 13.8 Å². The first kappa shape index (κ1) is 13.4. The number of aliphatic hydroxyl groups excluding tert-OH is 1. The highest BCUT2D eigenvalue weighted by molar-refractivity contribution is 4.94. The average Bonchev–Trinajstić information content (AvgIpc) is 2.65. The Labute approximate surface area is 106 Å². The summed E-state index contributed by atoms with van der Waals surface area (Å²) in [7, 11) is 0. The monoisotopic (exact) mass is 240 g/mol. The van der Waals surface area contributed by atoms with Gasteiger partial charge in [-0.1, -0.05) is 26.7 Å². The zero-order valence-corrected chi connectivity index (χ0v) is 11.6. The van der Waals surface area contributed by atoms with Crippen LogP contribution >= 0.6 is 0 Å². The predicted octanol–water partition coefficient (Wildman–Crippen LogP) is 3.38. The molecule has 0 radical (unpaired) electrons. The van der Waals surface area contributed by atoms with Crippen molar-refractivity contribution in [2.75, 3.05) is 6.61 Å². The maximum absolute atomic E-state index is 10.0. The van der Waals surface area contributed by atoms with E-state index in [0.29, 0.717) is 17.8 Å². The Morgan fingerprint density at radius 2 is 1.82 bits per heavy atom. The van der Waals surface area contributed by atoms with Gasteiger partial charge < -0.3 is 9.84 Å². The smallest absolute Gasteiger partial charge is 0.0685 e. The lowest BCUT2D eigenvalue weighted by Crippen LogP contribution is -2.43. The van der Waals surface area contributed by atoms with E-state index in [-0.39, 0.29) is 11.7 Å². The van der Waals surface area contributed by atoms with Crippen LogP contribution in [-0.2, 0) is 4.74 Å². The molecule has 2 nitrogen and oxygen atoms in total. The lowest BCUT2D eigenvalue weighted by atomic mass is 9.71. The van der Waals surface area contributed by atoms with E-state index in [4.69, 9.17) is 4.74 Å². The Kier molecular flexibility index (Phi) is 4.14. The highest BCUT2D eigenvalue weighted by Gasteiger charge is 2.43. The molecule has 17 heavy (non-hydrogen) atoms. The molecule has 0 aromatic heterocycles. The van der Waals surface area contributed by atoms with E-state index in [1.54, 1.807) is 0 Å². The molecule has 3 unspecified atom stereocenters. The molecule has 3 atom stereocenters. The number of hydrogen-bond donors (Lipinski definition) is 1. The van der Waals surface area contributed by atoms with Gasteiger partial charge in [0, 0.05) is 6.61 Å². The van der Waals surface area contributed by atoms with Gasteiger partial charge in [0.25, 0.3) is 0 Å². The SMILES string of the molecule is CC(C)C(C(C)O)C1CCOC2(CCCC2)C1. The summed E-state index contributed by atoms with van der Waals surface area (Å²) in [4.78, 5) is 0. The van der Waals surface area contributed by atoms with Gasteiger partial charge in [-0.25, -0.2) is 0 Å². The van der Waals surface area contributed by atoms with Gasteiger partial charge in [-0.05, 0) is 50.4 Å². The van der Waals surface area contributed by atoms with E-state index in [0.717, 1.165) is 13.0 Å². The van der Waals surface area contributed by atoms with Crippen LogP contribution in [0, 0.1) is 17.8 Å². The number of hydrogen-bond acceptors (Lipinski definition) is 2. The average molecular weight is 240 g/mol. The van der Waals surface area contributed by atoms with E-state index >= 15 is 0 Å². The van der Waals surface area contributed by atoms with E-state index in [1.165, 1.54) is 32.1 Å². The van der Waals surface area contributed by atoms with Crippen molar-refractivity contribution >= 4 is 0 Å². The van der Waals surface area contributed by atoms with Gasteiger partial charge in [-0.3, -0.25) is 0 Å². The molecule has 1 aliphatic carbocycles. The first-order valence-corrected chi connectivity index (χ1v) is 7.36. The molecule has 1 heterocycles. The molecule has 0 aromatic carbocycles. The van der Waals surface area contributed by atoms with E-state index < -0.39 is 0 Å². The van der Waals surface area contributed by atoms with Crippen LogP contribution < -0.4 is 0 Å². The quantitative estimate of drug-likeness (QED) is 0.819. The maximum Gasteiger partial charge on any atom is 0.0685 e. The number of rotatable bonds is 3. The van der Waals surface area contributed by atoms with Crippen LogP contribution in [-0.4, -0.2) is 23.4 Å². The minimum absolute atomic E-state index is 0.184. The van der Waals surface area contributed by atoms with Crippen LogP contribution in [0.25, 0.3) is 0 Å². The van der Waals surface area contributed by atoms with Gasteiger partial charge in [0.05, 0.1) is 11.7 Å². The fraction of sp³-hybridized carbons (Fsp3) is 1.00. The molecule has 1 N–H and O–H groups in total. The van der Waals surface area contributed by atoms with Crippen molar-refractivity contribution in [2.24, 2.45) is 17.8 Å². The van der Waals surface area contributed by atoms with Crippen molar-refractivity contribution in [1.29, 1.82) is 0 Å². The fourth-order valence-corrected chi connectivity index (χ4v) is 4.26. The molecule has 2 heteroatoms. The second-order valence-corrected chi connectivity index (χ2v) is 6.55. The van der Waals surface area contributed by atoms with Gasteiger partial charge in [-0.15, -0.1) is 0 Å². The van der Waals surface area contributed by atoms with Crippen molar-refractivity contribution in [2.45, 2.75) is 71.0 Å². The summed E-state index contributed by atoms with van der Waals surface area (Å²) in [6, 6.07) is 0. The summed E-state index contributed by atoms with van der Waals surface area (Å²) in [5.74, 6) is 1.66. The molecule has 2 rings (SSSR count). The second kappa shape index (κ2) is 5.27. The van der Waals surface area contributed by atoms with Crippen LogP contribution in [0.5, 0.6) is 0 Å². The third-order valence-corrected chi connectivity index (χ3v) is 4.92. The first-order valence-electron chi connectivity index (χ1n) is 7.36. The first-order chi connectivity index (χ1) is 8.04. The van der Waals surface area contributed by atoms with Gasteiger partial charge in [-0.2, -0.15) is 0 Å². The summed E-state index contributed by atoms with van der Waals surface area (Å²) in [5, 5.41) is 10.0. The van der Waals surface area contributed by atoms with Crippen molar-refractivity contribution in [1.82, 2.24) is 0 Å². The highest BCUT2D eigenvalue weighted by Crippen LogP contribution is 2.45. The summed E-state index contributed by atoms with van der Waals surface area (Å²) in [6.07, 6.45) is 7.27. The molecule has 0 amide bonds. The van der Waals surface area contributed by atoms with Gasteiger partial charge in [0.2, 0.25) is 0 Å². The van der Waals surface area contributed by atoms with Crippen molar-refractivity contribution in [3.05, 3.63) is 0 Å². The molecule has 1 spiro atoms. The standard InChI is InChI=1S/C15H28O2/c1-11(2)14(12(3)16)13-6-9-17-15(10-13)7-4-5-8-15/h11-14,16H,4-10H2,1-3H3. The Balaban J connectivity index is 2.05. The molecular weight excluding hydrogens is 212 g/mol. The Morgan fingerprint density at radius 1 is 1.18 bits per heavy atom. The van der Waals surface area contributed by atoms with Gasteiger partial charge in [0.1, 0.15) is 0 Å². The van der Waals surface area contributed by atoms with Crippen LogP contribution in [0.4, 0.5) is 0 Å². The summed E-state index contributed by atoms with van der Waals surface area (Å²) >= 11 is 0.